The van der Waals surface area contributed by atoms with Crippen molar-refractivity contribution < 1.29 is 18.0 Å². The van der Waals surface area contributed by atoms with Crippen LogP contribution < -0.4 is 10.6 Å². The van der Waals surface area contributed by atoms with E-state index in [0.717, 1.165) is 12.8 Å². The number of nitrogens with one attached hydrogen (secondary N) is 2. The maximum atomic E-state index is 13.0. The molecule has 0 spiro atoms. The van der Waals surface area contributed by atoms with Crippen LogP contribution >= 0.6 is 0 Å². The second kappa shape index (κ2) is 9.62. The van der Waals surface area contributed by atoms with Crippen LogP contribution in [-0.4, -0.2) is 44.2 Å². The number of aryl methyl sites for hydroxylation is 1. The lowest BCUT2D eigenvalue weighted by atomic mass is 10.1. The third kappa shape index (κ3) is 5.32. The van der Waals surface area contributed by atoms with Crippen molar-refractivity contribution in [2.45, 2.75) is 38.5 Å². The molecule has 1 heterocycles. The highest BCUT2D eigenvalue weighted by Crippen LogP contribution is 2.25. The van der Waals surface area contributed by atoms with Crippen molar-refractivity contribution in [2.24, 2.45) is 5.92 Å². The minimum atomic E-state index is -3.65. The van der Waals surface area contributed by atoms with E-state index < -0.39 is 15.9 Å². The normalized spacial score (nSPS) is 14.6. The Hall–Kier alpha value is -2.71. The molecule has 0 atom stereocenters. The van der Waals surface area contributed by atoms with Crippen LogP contribution in [-0.2, 0) is 10.0 Å². The van der Waals surface area contributed by atoms with Crippen LogP contribution in [0.4, 0.5) is 5.69 Å². The molecule has 3 rings (SSSR count). The van der Waals surface area contributed by atoms with Gasteiger partial charge in [0.05, 0.1) is 16.1 Å². The number of para-hydroxylation sites is 1. The van der Waals surface area contributed by atoms with Crippen LogP contribution in [0, 0.1) is 12.8 Å². The van der Waals surface area contributed by atoms with Gasteiger partial charge in [-0.05, 0) is 55.5 Å². The van der Waals surface area contributed by atoms with Gasteiger partial charge in [-0.25, -0.2) is 8.42 Å². The standard InChI is InChI=1S/C23H29N3O4S/c1-16(2)15-24-23(28)19-8-4-5-9-20(19)25-22(27)18-11-10-17(3)21(14-18)31(29,30)26-12-6-7-13-26/h4-5,8-11,14,16H,6-7,12-13,15H2,1-3H3,(H,24,28)(H,25,27). The van der Waals surface area contributed by atoms with E-state index in [-0.39, 0.29) is 16.4 Å². The summed E-state index contributed by atoms with van der Waals surface area (Å²) in [5.41, 5.74) is 1.55. The van der Waals surface area contributed by atoms with Gasteiger partial charge in [-0.3, -0.25) is 9.59 Å². The second-order valence-corrected chi connectivity index (χ2v) is 10.1. The molecule has 2 aromatic rings. The van der Waals surface area contributed by atoms with Crippen LogP contribution in [0.15, 0.2) is 47.4 Å². The van der Waals surface area contributed by atoms with E-state index >= 15 is 0 Å². The van der Waals surface area contributed by atoms with E-state index in [1.807, 2.05) is 13.8 Å². The van der Waals surface area contributed by atoms with E-state index in [1.54, 1.807) is 43.3 Å². The van der Waals surface area contributed by atoms with Crippen molar-refractivity contribution in [3.63, 3.8) is 0 Å². The van der Waals surface area contributed by atoms with E-state index in [1.165, 1.54) is 10.4 Å². The van der Waals surface area contributed by atoms with Gasteiger partial charge in [-0.1, -0.05) is 32.0 Å². The lowest BCUT2D eigenvalue weighted by Gasteiger charge is -2.18. The SMILES string of the molecule is Cc1ccc(C(=O)Nc2ccccc2C(=O)NCC(C)C)cc1S(=O)(=O)N1CCCC1. The van der Waals surface area contributed by atoms with Crippen molar-refractivity contribution >= 4 is 27.5 Å². The maximum Gasteiger partial charge on any atom is 0.255 e. The summed E-state index contributed by atoms with van der Waals surface area (Å²) in [4.78, 5) is 25.6. The number of benzene rings is 2. The average molecular weight is 444 g/mol. The number of amides is 2. The van der Waals surface area contributed by atoms with Gasteiger partial charge in [-0.15, -0.1) is 0 Å². The Morgan fingerprint density at radius 1 is 1.03 bits per heavy atom. The Bertz CT molecular complexity index is 1070. The molecule has 2 N–H and O–H groups in total. The van der Waals surface area contributed by atoms with Gasteiger partial charge in [0.1, 0.15) is 0 Å². The monoisotopic (exact) mass is 443 g/mol. The molecule has 0 radical (unpaired) electrons. The predicted molar refractivity (Wildman–Crippen MR) is 121 cm³/mol. The molecule has 8 heteroatoms. The minimum absolute atomic E-state index is 0.144. The first-order chi connectivity index (χ1) is 14.7. The fourth-order valence-corrected chi connectivity index (χ4v) is 5.23. The molecule has 0 unspecified atom stereocenters. The van der Waals surface area contributed by atoms with Gasteiger partial charge in [0.15, 0.2) is 0 Å². The number of carbonyl (C=O) groups excluding carboxylic acids is 2. The lowest BCUT2D eigenvalue weighted by Crippen LogP contribution is -2.29. The van der Waals surface area contributed by atoms with Gasteiger partial charge in [0, 0.05) is 25.2 Å². The fraction of sp³-hybridized carbons (Fsp3) is 0.391. The van der Waals surface area contributed by atoms with Crippen molar-refractivity contribution in [2.75, 3.05) is 25.0 Å². The molecule has 1 fully saturated rings. The number of hydrogen-bond acceptors (Lipinski definition) is 4. The Kier molecular flexibility index (Phi) is 7.12. The molecule has 1 aliphatic rings. The van der Waals surface area contributed by atoms with Gasteiger partial charge in [0.2, 0.25) is 10.0 Å². The highest BCUT2D eigenvalue weighted by molar-refractivity contribution is 7.89. The molecule has 1 aliphatic heterocycles. The van der Waals surface area contributed by atoms with Crippen LogP contribution in [0.25, 0.3) is 0 Å². The number of rotatable bonds is 7. The molecule has 1 saturated heterocycles. The number of hydrogen-bond donors (Lipinski definition) is 2. The third-order valence-electron chi connectivity index (χ3n) is 5.22. The molecule has 0 aromatic heterocycles. The lowest BCUT2D eigenvalue weighted by molar-refractivity contribution is 0.0950. The molecule has 0 saturated carbocycles. The number of nitrogens with zero attached hydrogens (tertiary/aromatic N) is 1. The van der Waals surface area contributed by atoms with Crippen molar-refractivity contribution in [3.05, 3.63) is 59.2 Å². The highest BCUT2D eigenvalue weighted by Gasteiger charge is 2.29. The summed E-state index contributed by atoms with van der Waals surface area (Å²) in [5, 5.41) is 5.60. The Morgan fingerprint density at radius 2 is 1.71 bits per heavy atom. The first-order valence-electron chi connectivity index (χ1n) is 10.5. The van der Waals surface area contributed by atoms with Gasteiger partial charge >= 0.3 is 0 Å². The zero-order chi connectivity index (χ0) is 22.6. The Labute approximate surface area is 183 Å². The topological polar surface area (TPSA) is 95.6 Å². The number of carbonyl (C=O) groups is 2. The van der Waals surface area contributed by atoms with Crippen LogP contribution in [0.3, 0.4) is 0 Å². The van der Waals surface area contributed by atoms with E-state index in [4.69, 9.17) is 0 Å². The maximum absolute atomic E-state index is 13.0. The zero-order valence-corrected chi connectivity index (χ0v) is 19.0. The van der Waals surface area contributed by atoms with Crippen LogP contribution in [0.5, 0.6) is 0 Å². The fourth-order valence-electron chi connectivity index (χ4n) is 3.46. The first-order valence-corrected chi connectivity index (χ1v) is 11.9. The molecule has 2 amide bonds. The smallest absolute Gasteiger partial charge is 0.255 e. The quantitative estimate of drug-likeness (QED) is 0.685. The summed E-state index contributed by atoms with van der Waals surface area (Å²) in [7, 11) is -3.65. The van der Waals surface area contributed by atoms with Crippen LogP contribution in [0.1, 0.15) is 53.0 Å². The van der Waals surface area contributed by atoms with Gasteiger partial charge in [0.25, 0.3) is 11.8 Å². The van der Waals surface area contributed by atoms with E-state index in [2.05, 4.69) is 10.6 Å². The summed E-state index contributed by atoms with van der Waals surface area (Å²) < 4.78 is 27.5. The largest absolute Gasteiger partial charge is 0.352 e. The van der Waals surface area contributed by atoms with E-state index in [0.29, 0.717) is 42.4 Å². The summed E-state index contributed by atoms with van der Waals surface area (Å²) in [6.07, 6.45) is 1.68. The number of anilines is 1. The molecule has 7 nitrogen and oxygen atoms in total. The van der Waals surface area contributed by atoms with E-state index in [9.17, 15) is 18.0 Å². The van der Waals surface area contributed by atoms with Crippen molar-refractivity contribution in [3.8, 4) is 0 Å². The summed E-state index contributed by atoms with van der Waals surface area (Å²) >= 11 is 0. The summed E-state index contributed by atoms with van der Waals surface area (Å²) in [6.45, 7) is 7.24. The van der Waals surface area contributed by atoms with Gasteiger partial charge < -0.3 is 10.6 Å². The van der Waals surface area contributed by atoms with Crippen molar-refractivity contribution in [1.29, 1.82) is 0 Å². The zero-order valence-electron chi connectivity index (χ0n) is 18.1. The molecular formula is C23H29N3O4S. The third-order valence-corrected chi connectivity index (χ3v) is 7.26. The van der Waals surface area contributed by atoms with Crippen LogP contribution in [0.2, 0.25) is 0 Å². The molecule has 0 aliphatic carbocycles. The molecule has 0 bridgehead atoms. The molecule has 166 valence electrons. The Balaban J connectivity index is 1.84. The Morgan fingerprint density at radius 3 is 2.39 bits per heavy atom. The second-order valence-electron chi connectivity index (χ2n) is 8.20. The first kappa shape index (κ1) is 23.0. The molecule has 31 heavy (non-hydrogen) atoms. The number of sulfonamides is 1. The molecule has 2 aromatic carbocycles. The molecular weight excluding hydrogens is 414 g/mol. The predicted octanol–water partition coefficient (Wildman–Crippen LogP) is 3.42. The van der Waals surface area contributed by atoms with Gasteiger partial charge in [-0.2, -0.15) is 4.31 Å². The summed E-state index contributed by atoms with van der Waals surface area (Å²) in [5.74, 6) is -0.443. The van der Waals surface area contributed by atoms with Crippen molar-refractivity contribution in [1.82, 2.24) is 9.62 Å². The highest BCUT2D eigenvalue weighted by atomic mass is 32.2. The summed E-state index contributed by atoms with van der Waals surface area (Å²) in [6, 6.07) is 11.4. The average Bonchev–Trinajstić information content (AvgIpc) is 3.28. The minimum Gasteiger partial charge on any atom is -0.352 e.